The van der Waals surface area contributed by atoms with Gasteiger partial charge in [-0.1, -0.05) is 25.2 Å². The third-order valence-electron chi connectivity index (χ3n) is 4.73. The number of aromatic nitrogens is 1. The summed E-state index contributed by atoms with van der Waals surface area (Å²) in [6.07, 6.45) is 12.8. The molecule has 0 aliphatic heterocycles. The van der Waals surface area contributed by atoms with Crippen molar-refractivity contribution < 1.29 is 0 Å². The predicted octanol–water partition coefficient (Wildman–Crippen LogP) is 3.72. The van der Waals surface area contributed by atoms with E-state index in [1.807, 2.05) is 6.20 Å². The fourth-order valence-corrected chi connectivity index (χ4v) is 3.93. The molecule has 3 aliphatic carbocycles. The van der Waals surface area contributed by atoms with Crippen LogP contribution in [0.3, 0.4) is 0 Å². The lowest BCUT2D eigenvalue weighted by Crippen LogP contribution is -2.29. The van der Waals surface area contributed by atoms with Crippen molar-refractivity contribution >= 4 is 5.57 Å². The van der Waals surface area contributed by atoms with Gasteiger partial charge in [0.05, 0.1) is 5.69 Å². The van der Waals surface area contributed by atoms with Crippen LogP contribution in [-0.2, 0) is 6.42 Å². The molecule has 4 rings (SSSR count). The molecular formula is C16H17N. The summed E-state index contributed by atoms with van der Waals surface area (Å²) in [6, 6.07) is 2.24. The average molecular weight is 223 g/mol. The first kappa shape index (κ1) is 9.64. The van der Waals surface area contributed by atoms with Crippen molar-refractivity contribution in [3.05, 3.63) is 47.3 Å². The van der Waals surface area contributed by atoms with E-state index in [1.54, 1.807) is 11.1 Å². The van der Waals surface area contributed by atoms with E-state index in [4.69, 9.17) is 0 Å². The highest BCUT2D eigenvalue weighted by atomic mass is 14.7. The fraction of sp³-hybridized carbons (Fsp3) is 0.438. The van der Waals surface area contributed by atoms with Crippen molar-refractivity contribution in [1.29, 1.82) is 0 Å². The first-order chi connectivity index (χ1) is 8.34. The van der Waals surface area contributed by atoms with Crippen molar-refractivity contribution in [1.82, 2.24) is 4.98 Å². The Morgan fingerprint density at radius 3 is 3.24 bits per heavy atom. The minimum Gasteiger partial charge on any atom is -0.256 e. The molecule has 0 aromatic carbocycles. The molecule has 0 N–H and O–H groups in total. The molecule has 86 valence electrons. The molecule has 0 saturated heterocycles. The molecule has 2 unspecified atom stereocenters. The van der Waals surface area contributed by atoms with Crippen LogP contribution in [0, 0.1) is 11.8 Å². The summed E-state index contributed by atoms with van der Waals surface area (Å²) in [4.78, 5) is 4.65. The van der Waals surface area contributed by atoms with E-state index in [0.717, 1.165) is 17.8 Å². The maximum Gasteiger partial charge on any atom is 0.0736 e. The number of allylic oxidation sites excluding steroid dienone is 4. The van der Waals surface area contributed by atoms with Crippen molar-refractivity contribution in [3.63, 3.8) is 0 Å². The van der Waals surface area contributed by atoms with Crippen molar-refractivity contribution in [2.24, 2.45) is 11.8 Å². The second-order valence-corrected chi connectivity index (χ2v) is 5.70. The zero-order chi connectivity index (χ0) is 11.4. The maximum atomic E-state index is 4.65. The van der Waals surface area contributed by atoms with Crippen LogP contribution in [0.4, 0.5) is 0 Å². The molecule has 0 fully saturated rings. The van der Waals surface area contributed by atoms with E-state index in [2.05, 4.69) is 36.2 Å². The van der Waals surface area contributed by atoms with Gasteiger partial charge in [-0.25, -0.2) is 0 Å². The van der Waals surface area contributed by atoms with Gasteiger partial charge in [-0.05, 0) is 59.8 Å². The Morgan fingerprint density at radius 2 is 2.29 bits per heavy atom. The van der Waals surface area contributed by atoms with Gasteiger partial charge in [0.1, 0.15) is 0 Å². The molecule has 2 bridgehead atoms. The predicted molar refractivity (Wildman–Crippen MR) is 69.7 cm³/mol. The Kier molecular flexibility index (Phi) is 1.88. The lowest BCUT2D eigenvalue weighted by atomic mass is 9.64. The average Bonchev–Trinajstić information content (AvgIpc) is 2.37. The van der Waals surface area contributed by atoms with Crippen LogP contribution in [0.2, 0.25) is 0 Å². The molecular weight excluding hydrogens is 206 g/mol. The Balaban J connectivity index is 2.01. The number of nitrogens with zero attached hydrogens (tertiary/aromatic N) is 1. The summed E-state index contributed by atoms with van der Waals surface area (Å²) in [5, 5.41) is 0. The fourth-order valence-electron chi connectivity index (χ4n) is 3.93. The highest BCUT2D eigenvalue weighted by Crippen LogP contribution is 2.50. The van der Waals surface area contributed by atoms with Crippen LogP contribution in [0.15, 0.2) is 30.5 Å². The first-order valence-corrected chi connectivity index (χ1v) is 6.71. The second kappa shape index (κ2) is 3.32. The summed E-state index contributed by atoms with van der Waals surface area (Å²) in [6.45, 7) is 2.42. The monoisotopic (exact) mass is 223 g/mol. The van der Waals surface area contributed by atoms with Gasteiger partial charge in [0.2, 0.25) is 0 Å². The quantitative estimate of drug-likeness (QED) is 0.653. The van der Waals surface area contributed by atoms with Crippen LogP contribution < -0.4 is 0 Å². The van der Waals surface area contributed by atoms with Gasteiger partial charge in [0.15, 0.2) is 0 Å². The molecule has 0 saturated carbocycles. The van der Waals surface area contributed by atoms with Crippen LogP contribution in [-0.4, -0.2) is 4.98 Å². The van der Waals surface area contributed by atoms with E-state index >= 15 is 0 Å². The number of rotatable bonds is 0. The topological polar surface area (TPSA) is 12.9 Å². The van der Waals surface area contributed by atoms with Gasteiger partial charge < -0.3 is 0 Å². The molecule has 0 spiro atoms. The van der Waals surface area contributed by atoms with E-state index in [0.29, 0.717) is 0 Å². The summed E-state index contributed by atoms with van der Waals surface area (Å²) in [5.41, 5.74) is 5.77. The third kappa shape index (κ3) is 1.23. The Hall–Kier alpha value is -1.37. The molecule has 1 heteroatoms. The van der Waals surface area contributed by atoms with Crippen molar-refractivity contribution in [2.45, 2.75) is 32.1 Å². The van der Waals surface area contributed by atoms with Crippen LogP contribution in [0.1, 0.15) is 42.5 Å². The molecule has 3 atom stereocenters. The zero-order valence-corrected chi connectivity index (χ0v) is 10.2. The summed E-state index contributed by atoms with van der Waals surface area (Å²) in [7, 11) is 0. The third-order valence-corrected chi connectivity index (χ3v) is 4.73. The molecule has 17 heavy (non-hydrogen) atoms. The molecule has 3 aliphatic rings. The number of aryl methyl sites for hydroxylation is 1. The van der Waals surface area contributed by atoms with Gasteiger partial charge in [0.25, 0.3) is 0 Å². The molecule has 1 aromatic rings. The highest BCUT2D eigenvalue weighted by molar-refractivity contribution is 5.78. The van der Waals surface area contributed by atoms with Crippen LogP contribution in [0.25, 0.3) is 5.57 Å². The molecule has 1 aromatic heterocycles. The first-order valence-electron chi connectivity index (χ1n) is 6.71. The van der Waals surface area contributed by atoms with Gasteiger partial charge >= 0.3 is 0 Å². The van der Waals surface area contributed by atoms with Gasteiger partial charge in [0, 0.05) is 6.20 Å². The van der Waals surface area contributed by atoms with Crippen molar-refractivity contribution in [3.8, 4) is 0 Å². The standard InChI is InChI=1S/C16H17N/c1-10-5-6-11-7-8-17-16-13-4-2-3-12(9-13)14(10)15(11)16/h2,4,7-10,12,14H,3,5-6H2,1H3/t10-,12?,14?/m1/s1. The molecule has 1 nitrogen and oxygen atoms in total. The van der Waals surface area contributed by atoms with E-state index in [9.17, 15) is 0 Å². The van der Waals surface area contributed by atoms with Gasteiger partial charge in [-0.2, -0.15) is 0 Å². The Morgan fingerprint density at radius 1 is 1.35 bits per heavy atom. The van der Waals surface area contributed by atoms with E-state index in [1.165, 1.54) is 30.5 Å². The number of hydrogen-bond acceptors (Lipinski definition) is 1. The van der Waals surface area contributed by atoms with Gasteiger partial charge in [-0.3, -0.25) is 4.98 Å². The Labute approximate surface area is 102 Å². The molecule has 0 radical (unpaired) electrons. The van der Waals surface area contributed by atoms with E-state index in [-0.39, 0.29) is 0 Å². The largest absolute Gasteiger partial charge is 0.256 e. The zero-order valence-electron chi connectivity index (χ0n) is 10.2. The summed E-state index contributed by atoms with van der Waals surface area (Å²) in [5.74, 6) is 2.25. The lowest BCUT2D eigenvalue weighted by Gasteiger charge is -2.41. The lowest BCUT2D eigenvalue weighted by molar-refractivity contribution is 0.328. The molecule has 0 amide bonds. The number of pyridine rings is 1. The number of fused-ring (bicyclic) bond motifs is 3. The second-order valence-electron chi connectivity index (χ2n) is 5.70. The summed E-state index contributed by atoms with van der Waals surface area (Å²) < 4.78 is 0. The van der Waals surface area contributed by atoms with Gasteiger partial charge in [-0.15, -0.1) is 0 Å². The molecule has 1 heterocycles. The van der Waals surface area contributed by atoms with Crippen molar-refractivity contribution in [2.75, 3.05) is 0 Å². The Bertz CT molecular complexity index is 538. The van der Waals surface area contributed by atoms with Crippen LogP contribution in [0.5, 0.6) is 0 Å². The normalized spacial score (nSPS) is 33.0. The SMILES string of the molecule is C[C@@H]1CCc2ccnc3c2C1C1C=C3C=CC1. The minimum atomic E-state index is 0.719. The maximum absolute atomic E-state index is 4.65. The number of hydrogen-bond donors (Lipinski definition) is 0. The summed E-state index contributed by atoms with van der Waals surface area (Å²) >= 11 is 0. The highest BCUT2D eigenvalue weighted by Gasteiger charge is 2.38. The van der Waals surface area contributed by atoms with E-state index < -0.39 is 0 Å². The minimum absolute atomic E-state index is 0.719. The smallest absolute Gasteiger partial charge is 0.0736 e. The van der Waals surface area contributed by atoms with Crippen LogP contribution >= 0.6 is 0 Å².